The first-order valence-electron chi connectivity index (χ1n) is 5.44. The zero-order chi connectivity index (χ0) is 14.0. The van der Waals surface area contributed by atoms with Crippen LogP contribution in [0.25, 0.3) is 0 Å². The first kappa shape index (κ1) is 13.2. The lowest BCUT2D eigenvalue weighted by atomic mass is 10.2. The van der Waals surface area contributed by atoms with Gasteiger partial charge in [0.2, 0.25) is 5.88 Å². The fourth-order valence-electron chi connectivity index (χ4n) is 1.58. The van der Waals surface area contributed by atoms with Crippen LogP contribution in [0.15, 0.2) is 36.5 Å². The molecule has 2 aromatic rings. The number of aromatic nitrogens is 1. The van der Waals surface area contributed by atoms with Crippen molar-refractivity contribution in [1.29, 1.82) is 0 Å². The third-order valence-electron chi connectivity index (χ3n) is 2.45. The quantitative estimate of drug-likeness (QED) is 0.901. The van der Waals surface area contributed by atoms with Gasteiger partial charge in [-0.1, -0.05) is 12.1 Å². The van der Waals surface area contributed by atoms with Gasteiger partial charge in [0.15, 0.2) is 0 Å². The highest BCUT2D eigenvalue weighted by Gasteiger charge is 2.34. The largest absolute Gasteiger partial charge is 0.438 e. The van der Waals surface area contributed by atoms with Gasteiger partial charge in [0.05, 0.1) is 17.4 Å². The predicted octanol–water partition coefficient (Wildman–Crippen LogP) is 3.78. The van der Waals surface area contributed by atoms with Gasteiger partial charge in [-0.15, -0.1) is 0 Å². The lowest BCUT2D eigenvalue weighted by Crippen LogP contribution is -2.07. The van der Waals surface area contributed by atoms with Crippen LogP contribution in [0.5, 0.6) is 11.6 Å². The van der Waals surface area contributed by atoms with E-state index < -0.39 is 11.7 Å². The minimum absolute atomic E-state index is 0.103. The molecule has 1 heterocycles. The lowest BCUT2D eigenvalue weighted by molar-refractivity contribution is -0.138. The zero-order valence-corrected chi connectivity index (χ0v) is 10.0. The molecule has 0 radical (unpaired) electrons. The summed E-state index contributed by atoms with van der Waals surface area (Å²) >= 11 is 0. The van der Waals surface area contributed by atoms with Gasteiger partial charge in [-0.05, 0) is 25.1 Å². The maximum atomic E-state index is 12.8. The number of alkyl halides is 3. The highest BCUT2D eigenvalue weighted by atomic mass is 19.4. The smallest absolute Gasteiger partial charge is 0.419 e. The number of nitrogen functional groups attached to an aromatic ring is 1. The standard InChI is InChI=1S/C13H11F3N2O/c1-8-6-9(17)7-18-12(8)19-11-5-3-2-4-10(11)13(14,15)16/h2-7H,17H2,1H3. The number of nitrogens with zero attached hydrogens (tertiary/aromatic N) is 1. The number of para-hydroxylation sites is 1. The van der Waals surface area contributed by atoms with Crippen molar-refractivity contribution in [3.05, 3.63) is 47.7 Å². The molecule has 0 saturated heterocycles. The van der Waals surface area contributed by atoms with Crippen LogP contribution >= 0.6 is 0 Å². The van der Waals surface area contributed by atoms with Crippen LogP contribution in [0.2, 0.25) is 0 Å². The van der Waals surface area contributed by atoms with E-state index in [9.17, 15) is 13.2 Å². The van der Waals surface area contributed by atoms with Crippen LogP contribution in [0, 0.1) is 6.92 Å². The average Bonchev–Trinajstić information content (AvgIpc) is 2.32. The van der Waals surface area contributed by atoms with Crippen molar-refractivity contribution in [3.8, 4) is 11.6 Å². The highest BCUT2D eigenvalue weighted by Crippen LogP contribution is 2.38. The van der Waals surface area contributed by atoms with Gasteiger partial charge >= 0.3 is 6.18 Å². The molecule has 0 saturated carbocycles. The van der Waals surface area contributed by atoms with Gasteiger partial charge in [-0.25, -0.2) is 4.98 Å². The molecule has 0 amide bonds. The van der Waals surface area contributed by atoms with Crippen molar-refractivity contribution in [3.63, 3.8) is 0 Å². The molecule has 2 rings (SSSR count). The first-order chi connectivity index (χ1) is 8.88. The van der Waals surface area contributed by atoms with E-state index in [1.54, 1.807) is 13.0 Å². The van der Waals surface area contributed by atoms with Crippen LogP contribution < -0.4 is 10.5 Å². The summed E-state index contributed by atoms with van der Waals surface area (Å²) in [6, 6.07) is 6.57. The SMILES string of the molecule is Cc1cc(N)cnc1Oc1ccccc1C(F)(F)F. The van der Waals surface area contributed by atoms with Crippen LogP contribution in [-0.4, -0.2) is 4.98 Å². The molecule has 6 heteroatoms. The number of rotatable bonds is 2. The Balaban J connectivity index is 2.39. The number of aryl methyl sites for hydroxylation is 1. The highest BCUT2D eigenvalue weighted by molar-refractivity contribution is 5.44. The minimum Gasteiger partial charge on any atom is -0.438 e. The van der Waals surface area contributed by atoms with E-state index >= 15 is 0 Å². The second kappa shape index (κ2) is 4.79. The van der Waals surface area contributed by atoms with Gasteiger partial charge in [0.25, 0.3) is 0 Å². The maximum Gasteiger partial charge on any atom is 0.419 e. The molecule has 19 heavy (non-hydrogen) atoms. The van der Waals surface area contributed by atoms with E-state index in [-0.39, 0.29) is 11.6 Å². The number of ether oxygens (including phenoxy) is 1. The monoisotopic (exact) mass is 268 g/mol. The number of hydrogen-bond acceptors (Lipinski definition) is 3. The van der Waals surface area contributed by atoms with Crippen molar-refractivity contribution in [2.75, 3.05) is 5.73 Å². The summed E-state index contributed by atoms with van der Waals surface area (Å²) in [6.45, 7) is 1.66. The molecule has 0 aliphatic heterocycles. The van der Waals surface area contributed by atoms with Crippen molar-refractivity contribution < 1.29 is 17.9 Å². The van der Waals surface area contributed by atoms with Crippen LogP contribution in [0.4, 0.5) is 18.9 Å². The molecule has 0 aliphatic rings. The van der Waals surface area contributed by atoms with Crippen LogP contribution in [0.1, 0.15) is 11.1 Å². The third-order valence-corrected chi connectivity index (χ3v) is 2.45. The van der Waals surface area contributed by atoms with Crippen molar-refractivity contribution >= 4 is 5.69 Å². The molecule has 0 fully saturated rings. The number of hydrogen-bond donors (Lipinski definition) is 1. The molecule has 0 atom stereocenters. The van der Waals surface area contributed by atoms with E-state index in [0.717, 1.165) is 6.07 Å². The van der Waals surface area contributed by atoms with Crippen molar-refractivity contribution in [1.82, 2.24) is 4.98 Å². The molecule has 100 valence electrons. The van der Waals surface area contributed by atoms with E-state index in [4.69, 9.17) is 10.5 Å². The lowest BCUT2D eigenvalue weighted by Gasteiger charge is -2.14. The fraction of sp³-hybridized carbons (Fsp3) is 0.154. The van der Waals surface area contributed by atoms with Gasteiger partial charge in [0.1, 0.15) is 5.75 Å². The van der Waals surface area contributed by atoms with Gasteiger partial charge in [0, 0.05) is 5.56 Å². The van der Waals surface area contributed by atoms with Crippen molar-refractivity contribution in [2.24, 2.45) is 0 Å². The minimum atomic E-state index is -4.47. The Labute approximate surface area is 107 Å². The Morgan fingerprint density at radius 3 is 2.53 bits per heavy atom. The molecule has 2 N–H and O–H groups in total. The van der Waals surface area contributed by atoms with E-state index in [1.165, 1.54) is 24.4 Å². The molecule has 0 spiro atoms. The number of nitrogens with two attached hydrogens (primary N) is 1. The second-order valence-electron chi connectivity index (χ2n) is 3.99. The normalized spacial score (nSPS) is 11.4. The average molecular weight is 268 g/mol. The van der Waals surface area contributed by atoms with Crippen molar-refractivity contribution in [2.45, 2.75) is 13.1 Å². The molecule has 0 unspecified atom stereocenters. The molecule has 1 aromatic heterocycles. The van der Waals surface area contributed by atoms with Gasteiger partial charge < -0.3 is 10.5 Å². The van der Waals surface area contributed by atoms with Gasteiger partial charge in [-0.3, -0.25) is 0 Å². The molecule has 0 aliphatic carbocycles. The molecular weight excluding hydrogens is 257 g/mol. The summed E-state index contributed by atoms with van der Waals surface area (Å²) in [6.07, 6.45) is -3.14. The van der Waals surface area contributed by atoms with E-state index in [0.29, 0.717) is 11.3 Å². The zero-order valence-electron chi connectivity index (χ0n) is 10.0. The summed E-state index contributed by atoms with van der Waals surface area (Å²) < 4.78 is 43.6. The molecular formula is C13H11F3N2O. The Morgan fingerprint density at radius 2 is 1.89 bits per heavy atom. The fourth-order valence-corrected chi connectivity index (χ4v) is 1.58. The van der Waals surface area contributed by atoms with E-state index in [2.05, 4.69) is 4.98 Å². The summed E-state index contributed by atoms with van der Waals surface area (Å²) in [5, 5.41) is 0. The predicted molar refractivity (Wildman–Crippen MR) is 64.9 cm³/mol. The molecule has 0 bridgehead atoms. The molecule has 1 aromatic carbocycles. The third kappa shape index (κ3) is 2.96. The summed E-state index contributed by atoms with van der Waals surface area (Å²) in [4.78, 5) is 3.88. The Morgan fingerprint density at radius 1 is 1.21 bits per heavy atom. The van der Waals surface area contributed by atoms with E-state index in [1.807, 2.05) is 0 Å². The van der Waals surface area contributed by atoms with Gasteiger partial charge in [-0.2, -0.15) is 13.2 Å². The Bertz CT molecular complexity index is 597. The number of benzene rings is 1. The second-order valence-corrected chi connectivity index (χ2v) is 3.99. The topological polar surface area (TPSA) is 48.1 Å². The van der Waals surface area contributed by atoms with Crippen LogP contribution in [0.3, 0.4) is 0 Å². The summed E-state index contributed by atoms with van der Waals surface area (Å²) in [5.74, 6) is -0.179. The van der Waals surface area contributed by atoms with Crippen LogP contribution in [-0.2, 0) is 6.18 Å². The summed E-state index contributed by atoms with van der Waals surface area (Å²) in [7, 11) is 0. The number of anilines is 1. The molecule has 3 nitrogen and oxygen atoms in total. The summed E-state index contributed by atoms with van der Waals surface area (Å²) in [5.41, 5.74) is 5.67. The maximum absolute atomic E-state index is 12.8. The Kier molecular flexibility index (Phi) is 3.33. The Hall–Kier alpha value is -2.24. The first-order valence-corrected chi connectivity index (χ1v) is 5.44. The number of pyridine rings is 1. The number of halogens is 3.